The average Bonchev–Trinajstić information content (AvgIpc) is 2.31. The van der Waals surface area contributed by atoms with E-state index in [4.69, 9.17) is 10.8 Å². The van der Waals surface area contributed by atoms with Crippen LogP contribution in [0.3, 0.4) is 0 Å². The number of hydrogen-bond acceptors (Lipinski definition) is 3. The summed E-state index contributed by atoms with van der Waals surface area (Å²) in [5, 5.41) is 17.7. The van der Waals surface area contributed by atoms with E-state index in [1.165, 1.54) is 4.90 Å². The van der Waals surface area contributed by atoms with Gasteiger partial charge in [0.05, 0.1) is 12.6 Å². The summed E-state index contributed by atoms with van der Waals surface area (Å²) in [6, 6.07) is 0. The molecule has 0 spiro atoms. The second-order valence-electron chi connectivity index (χ2n) is 2.75. The fraction of sp³-hybridized carbons (Fsp3) is 0.833. The zero-order valence-electron chi connectivity index (χ0n) is 6.10. The maximum Gasteiger partial charge on any atom is 0.407 e. The molecule has 0 aliphatic carbocycles. The van der Waals surface area contributed by atoms with Crippen molar-refractivity contribution in [3.05, 3.63) is 0 Å². The first-order chi connectivity index (χ1) is 5.15. The van der Waals surface area contributed by atoms with Gasteiger partial charge in [-0.25, -0.2) is 4.79 Å². The van der Waals surface area contributed by atoms with E-state index in [1.54, 1.807) is 0 Å². The van der Waals surface area contributed by atoms with Gasteiger partial charge in [-0.05, 0) is 6.54 Å². The molecule has 0 aromatic rings. The van der Waals surface area contributed by atoms with Crippen LogP contribution >= 0.6 is 0 Å². The van der Waals surface area contributed by atoms with Gasteiger partial charge >= 0.3 is 6.09 Å². The van der Waals surface area contributed by atoms with Crippen LogP contribution in [-0.4, -0.2) is 46.9 Å². The molecule has 0 aromatic carbocycles. The highest BCUT2D eigenvalue weighted by Gasteiger charge is 2.32. The monoisotopic (exact) mass is 160 g/mol. The Labute approximate surface area is 64.4 Å². The molecule has 1 saturated heterocycles. The highest BCUT2D eigenvalue weighted by molar-refractivity contribution is 5.65. The van der Waals surface area contributed by atoms with Crippen LogP contribution in [0.25, 0.3) is 0 Å². The Morgan fingerprint density at radius 3 is 2.55 bits per heavy atom. The number of nitrogens with zero attached hydrogens (tertiary/aromatic N) is 1. The van der Waals surface area contributed by atoms with Gasteiger partial charge in [0, 0.05) is 12.5 Å². The number of amides is 1. The van der Waals surface area contributed by atoms with Crippen molar-refractivity contribution >= 4 is 6.09 Å². The predicted octanol–water partition coefficient (Wildman–Crippen LogP) is -1.08. The minimum Gasteiger partial charge on any atom is -0.465 e. The van der Waals surface area contributed by atoms with E-state index in [1.807, 2.05) is 0 Å². The standard InChI is InChI=1S/C6H12N2O3/c7-1-4-2-8(6(10)11)3-5(4)9/h4-5,9H,1-3,7H2,(H,10,11)/t4-,5+/m1/s1. The van der Waals surface area contributed by atoms with Crippen molar-refractivity contribution in [2.75, 3.05) is 19.6 Å². The largest absolute Gasteiger partial charge is 0.465 e. The highest BCUT2D eigenvalue weighted by atomic mass is 16.4. The Hall–Kier alpha value is -0.810. The lowest BCUT2D eigenvalue weighted by Crippen LogP contribution is -2.27. The van der Waals surface area contributed by atoms with Crippen molar-refractivity contribution in [2.24, 2.45) is 11.7 Å². The second kappa shape index (κ2) is 3.06. The minimum absolute atomic E-state index is 0.0916. The highest BCUT2D eigenvalue weighted by Crippen LogP contribution is 2.15. The SMILES string of the molecule is NC[C@@H]1CN(C(=O)O)C[C@@H]1O. The molecule has 64 valence electrons. The molecule has 0 bridgehead atoms. The maximum atomic E-state index is 10.4. The van der Waals surface area contributed by atoms with Crippen LogP contribution < -0.4 is 5.73 Å². The molecule has 11 heavy (non-hydrogen) atoms. The van der Waals surface area contributed by atoms with Crippen molar-refractivity contribution in [2.45, 2.75) is 6.10 Å². The summed E-state index contributed by atoms with van der Waals surface area (Å²) in [7, 11) is 0. The van der Waals surface area contributed by atoms with E-state index in [-0.39, 0.29) is 12.5 Å². The van der Waals surface area contributed by atoms with Crippen LogP contribution in [0.2, 0.25) is 0 Å². The molecular weight excluding hydrogens is 148 g/mol. The molecule has 1 heterocycles. The van der Waals surface area contributed by atoms with E-state index in [0.717, 1.165) is 0 Å². The van der Waals surface area contributed by atoms with Gasteiger partial charge < -0.3 is 20.8 Å². The fourth-order valence-corrected chi connectivity index (χ4v) is 1.24. The molecule has 0 unspecified atom stereocenters. The molecule has 4 N–H and O–H groups in total. The van der Waals surface area contributed by atoms with Crippen LogP contribution in [0.5, 0.6) is 0 Å². The summed E-state index contributed by atoms with van der Waals surface area (Å²) in [6.07, 6.45) is -1.57. The van der Waals surface area contributed by atoms with E-state index in [0.29, 0.717) is 13.1 Å². The van der Waals surface area contributed by atoms with Crippen molar-refractivity contribution < 1.29 is 15.0 Å². The molecule has 2 atom stereocenters. The van der Waals surface area contributed by atoms with Crippen LogP contribution in [0, 0.1) is 5.92 Å². The Bertz CT molecular complexity index is 162. The third-order valence-electron chi connectivity index (χ3n) is 1.98. The Kier molecular flexibility index (Phi) is 2.31. The van der Waals surface area contributed by atoms with Gasteiger partial charge in [-0.3, -0.25) is 0 Å². The average molecular weight is 160 g/mol. The van der Waals surface area contributed by atoms with Gasteiger partial charge in [-0.15, -0.1) is 0 Å². The quantitative estimate of drug-likeness (QED) is 0.455. The first-order valence-corrected chi connectivity index (χ1v) is 3.51. The normalized spacial score (nSPS) is 30.9. The van der Waals surface area contributed by atoms with Crippen LogP contribution in [0.1, 0.15) is 0 Å². The van der Waals surface area contributed by atoms with E-state index >= 15 is 0 Å². The van der Waals surface area contributed by atoms with Crippen molar-refractivity contribution in [3.8, 4) is 0 Å². The molecule has 0 aromatic heterocycles. The van der Waals surface area contributed by atoms with Gasteiger partial charge in [0.15, 0.2) is 0 Å². The lowest BCUT2D eigenvalue weighted by atomic mass is 10.1. The number of β-amino-alcohol motifs (C(OH)–C–C–N with tert-alkyl or cyclic N) is 1. The van der Waals surface area contributed by atoms with Gasteiger partial charge in [0.1, 0.15) is 0 Å². The first-order valence-electron chi connectivity index (χ1n) is 3.51. The van der Waals surface area contributed by atoms with E-state index in [2.05, 4.69) is 0 Å². The lowest BCUT2D eigenvalue weighted by molar-refractivity contribution is 0.133. The molecule has 1 rings (SSSR count). The van der Waals surface area contributed by atoms with Crippen LogP contribution in [0.4, 0.5) is 4.79 Å². The summed E-state index contributed by atoms with van der Waals surface area (Å²) in [6.45, 7) is 0.884. The fourth-order valence-electron chi connectivity index (χ4n) is 1.24. The third kappa shape index (κ3) is 1.61. The van der Waals surface area contributed by atoms with Gasteiger partial charge in [-0.2, -0.15) is 0 Å². The molecule has 5 heteroatoms. The summed E-state index contributed by atoms with van der Waals surface area (Å²) in [5.74, 6) is -0.0916. The zero-order chi connectivity index (χ0) is 8.43. The summed E-state index contributed by atoms with van der Waals surface area (Å²) in [4.78, 5) is 11.6. The predicted molar refractivity (Wildman–Crippen MR) is 38.1 cm³/mol. The molecule has 1 aliphatic rings. The number of aliphatic hydroxyl groups excluding tert-OH is 1. The molecule has 5 nitrogen and oxygen atoms in total. The number of hydrogen-bond donors (Lipinski definition) is 3. The van der Waals surface area contributed by atoms with Crippen molar-refractivity contribution in [1.29, 1.82) is 0 Å². The smallest absolute Gasteiger partial charge is 0.407 e. The molecule has 0 radical (unpaired) electrons. The summed E-state index contributed by atoms with van der Waals surface area (Å²) in [5.41, 5.74) is 5.31. The van der Waals surface area contributed by atoms with E-state index in [9.17, 15) is 9.90 Å². The molecule has 0 saturated carbocycles. The number of carbonyl (C=O) groups is 1. The molecule has 1 amide bonds. The minimum atomic E-state index is -0.986. The van der Waals surface area contributed by atoms with Crippen LogP contribution in [-0.2, 0) is 0 Å². The van der Waals surface area contributed by atoms with E-state index < -0.39 is 12.2 Å². The number of rotatable bonds is 1. The maximum absolute atomic E-state index is 10.4. The summed E-state index contributed by atoms with van der Waals surface area (Å²) >= 11 is 0. The summed E-state index contributed by atoms with van der Waals surface area (Å²) < 4.78 is 0. The zero-order valence-corrected chi connectivity index (χ0v) is 6.10. The van der Waals surface area contributed by atoms with Gasteiger partial charge in [0.25, 0.3) is 0 Å². The third-order valence-corrected chi connectivity index (χ3v) is 1.98. The Morgan fingerprint density at radius 1 is 1.64 bits per heavy atom. The molecule has 1 aliphatic heterocycles. The number of carboxylic acid groups (broad SMARTS) is 1. The number of likely N-dealkylation sites (tertiary alicyclic amines) is 1. The first kappa shape index (κ1) is 8.29. The van der Waals surface area contributed by atoms with Gasteiger partial charge in [0.2, 0.25) is 0 Å². The van der Waals surface area contributed by atoms with Gasteiger partial charge in [-0.1, -0.05) is 0 Å². The van der Waals surface area contributed by atoms with Crippen molar-refractivity contribution in [1.82, 2.24) is 4.90 Å². The molecular formula is C6H12N2O3. The number of aliphatic hydroxyl groups is 1. The van der Waals surface area contributed by atoms with Crippen LogP contribution in [0.15, 0.2) is 0 Å². The topological polar surface area (TPSA) is 86.8 Å². The molecule has 1 fully saturated rings. The number of nitrogens with two attached hydrogens (primary N) is 1. The second-order valence-corrected chi connectivity index (χ2v) is 2.75. The Morgan fingerprint density at radius 2 is 2.27 bits per heavy atom. The van der Waals surface area contributed by atoms with Crippen molar-refractivity contribution in [3.63, 3.8) is 0 Å². The Balaban J connectivity index is 2.49. The lowest BCUT2D eigenvalue weighted by Gasteiger charge is -2.09.